The number of hydrogen-bond donors (Lipinski definition) is 1. The second-order valence-electron chi connectivity index (χ2n) is 6.68. The van der Waals surface area contributed by atoms with E-state index in [1.807, 2.05) is 13.1 Å². The number of anilines is 1. The number of aryl methyl sites for hydroxylation is 1. The molecule has 0 radical (unpaired) electrons. The molecule has 0 amide bonds. The van der Waals surface area contributed by atoms with E-state index in [1.165, 1.54) is 5.69 Å². The van der Waals surface area contributed by atoms with Gasteiger partial charge < -0.3 is 19.4 Å². The van der Waals surface area contributed by atoms with Crippen LogP contribution in [0.25, 0.3) is 11.0 Å². The van der Waals surface area contributed by atoms with Crippen molar-refractivity contribution in [2.24, 2.45) is 0 Å². The highest BCUT2D eigenvalue weighted by Crippen LogP contribution is 2.30. The summed E-state index contributed by atoms with van der Waals surface area (Å²) in [4.78, 5) is 15.1. The number of ether oxygens (including phenoxy) is 2. The van der Waals surface area contributed by atoms with Crippen molar-refractivity contribution in [2.45, 2.75) is 24.8 Å². The van der Waals surface area contributed by atoms with Gasteiger partial charge in [0.1, 0.15) is 5.75 Å². The molecule has 2 aromatic heterocycles. The summed E-state index contributed by atoms with van der Waals surface area (Å²) in [6.45, 7) is 7.51. The first kappa shape index (κ1) is 18.1. The van der Waals surface area contributed by atoms with Crippen molar-refractivity contribution < 1.29 is 9.47 Å². The fourth-order valence-corrected chi connectivity index (χ4v) is 4.32. The van der Waals surface area contributed by atoms with Crippen molar-refractivity contribution in [1.29, 1.82) is 0 Å². The third-order valence-electron chi connectivity index (χ3n) is 4.92. The number of hydrogen-bond acceptors (Lipinski definition) is 6. The summed E-state index contributed by atoms with van der Waals surface area (Å²) >= 11 is 1.66. The lowest BCUT2D eigenvalue weighted by Gasteiger charge is -2.28. The fourth-order valence-electron chi connectivity index (χ4n) is 3.41. The van der Waals surface area contributed by atoms with Crippen LogP contribution < -0.4 is 9.64 Å². The molecular formula is C20H24N4O2S. The quantitative estimate of drug-likeness (QED) is 0.677. The van der Waals surface area contributed by atoms with Gasteiger partial charge in [-0.2, -0.15) is 0 Å². The zero-order chi connectivity index (χ0) is 18.8. The Morgan fingerprint density at radius 2 is 2.07 bits per heavy atom. The summed E-state index contributed by atoms with van der Waals surface area (Å²) in [7, 11) is 1.71. The van der Waals surface area contributed by atoms with Gasteiger partial charge in [0.2, 0.25) is 0 Å². The standard InChI is InChI=1S/C20H24N4O2S/c1-13-11-21-18(14(2)19(13)25-3)12-27-20-22-16-5-4-15(10-17(16)23-20)24-6-8-26-9-7-24/h4-5,10-11H,6-9,12H2,1-3H3,(H,22,23). The topological polar surface area (TPSA) is 63.3 Å². The first-order valence-electron chi connectivity index (χ1n) is 9.10. The van der Waals surface area contributed by atoms with E-state index in [0.717, 1.165) is 70.8 Å². The lowest BCUT2D eigenvalue weighted by molar-refractivity contribution is 0.122. The zero-order valence-corrected chi connectivity index (χ0v) is 16.7. The summed E-state index contributed by atoms with van der Waals surface area (Å²) in [5.41, 5.74) is 6.44. The molecule has 1 saturated heterocycles. The van der Waals surface area contributed by atoms with Crippen LogP contribution in [0.1, 0.15) is 16.8 Å². The third kappa shape index (κ3) is 3.75. The summed E-state index contributed by atoms with van der Waals surface area (Å²) in [5, 5.41) is 0.907. The van der Waals surface area contributed by atoms with Crippen molar-refractivity contribution in [1.82, 2.24) is 15.0 Å². The summed E-state index contributed by atoms with van der Waals surface area (Å²) in [5.74, 6) is 1.67. The van der Waals surface area contributed by atoms with Gasteiger partial charge in [0.05, 0.1) is 37.1 Å². The Kier molecular flexibility index (Phi) is 5.22. The second kappa shape index (κ2) is 7.78. The van der Waals surface area contributed by atoms with Crippen LogP contribution in [-0.2, 0) is 10.5 Å². The monoisotopic (exact) mass is 384 g/mol. The number of H-pyrrole nitrogens is 1. The van der Waals surface area contributed by atoms with Crippen molar-refractivity contribution >= 4 is 28.5 Å². The van der Waals surface area contributed by atoms with Gasteiger partial charge in [-0.3, -0.25) is 4.98 Å². The van der Waals surface area contributed by atoms with Gasteiger partial charge in [-0.25, -0.2) is 4.98 Å². The molecule has 0 saturated carbocycles. The number of thioether (sulfide) groups is 1. The SMILES string of the molecule is COc1c(C)cnc(CSc2nc3ccc(N4CCOCC4)cc3[nH]2)c1C. The molecule has 1 aliphatic rings. The molecule has 27 heavy (non-hydrogen) atoms. The number of morpholine rings is 1. The number of imidazole rings is 1. The molecule has 1 N–H and O–H groups in total. The van der Waals surface area contributed by atoms with Crippen LogP contribution in [0.4, 0.5) is 5.69 Å². The molecule has 3 heterocycles. The van der Waals surface area contributed by atoms with E-state index < -0.39 is 0 Å². The molecule has 1 aliphatic heterocycles. The molecule has 0 spiro atoms. The summed E-state index contributed by atoms with van der Waals surface area (Å²) in [6, 6.07) is 6.40. The van der Waals surface area contributed by atoms with E-state index in [-0.39, 0.29) is 0 Å². The maximum Gasteiger partial charge on any atom is 0.166 e. The number of rotatable bonds is 5. The number of aromatic nitrogens is 3. The molecule has 1 fully saturated rings. The molecular weight excluding hydrogens is 360 g/mol. The van der Waals surface area contributed by atoms with E-state index in [0.29, 0.717) is 0 Å². The number of benzene rings is 1. The van der Waals surface area contributed by atoms with Crippen molar-refractivity contribution in [3.8, 4) is 5.75 Å². The molecule has 1 aromatic carbocycles. The van der Waals surface area contributed by atoms with Gasteiger partial charge in [0.25, 0.3) is 0 Å². The number of aromatic amines is 1. The van der Waals surface area contributed by atoms with E-state index in [1.54, 1.807) is 18.9 Å². The Hall–Kier alpha value is -2.25. The number of nitrogens with zero attached hydrogens (tertiary/aromatic N) is 3. The Balaban J connectivity index is 1.51. The van der Waals surface area contributed by atoms with E-state index in [4.69, 9.17) is 14.5 Å². The molecule has 6 nitrogen and oxygen atoms in total. The lowest BCUT2D eigenvalue weighted by atomic mass is 10.1. The largest absolute Gasteiger partial charge is 0.496 e. The number of methoxy groups -OCH3 is 1. The van der Waals surface area contributed by atoms with E-state index >= 15 is 0 Å². The lowest BCUT2D eigenvalue weighted by Crippen LogP contribution is -2.36. The summed E-state index contributed by atoms with van der Waals surface area (Å²) in [6.07, 6.45) is 1.87. The molecule has 142 valence electrons. The molecule has 0 bridgehead atoms. The van der Waals surface area contributed by atoms with Crippen molar-refractivity contribution in [3.05, 3.63) is 41.2 Å². The maximum atomic E-state index is 5.50. The Labute approximate surface area is 163 Å². The fraction of sp³-hybridized carbons (Fsp3) is 0.400. The molecule has 0 unspecified atom stereocenters. The van der Waals surface area contributed by atoms with Crippen molar-refractivity contribution in [3.63, 3.8) is 0 Å². The summed E-state index contributed by atoms with van der Waals surface area (Å²) < 4.78 is 10.9. The Morgan fingerprint density at radius 1 is 1.26 bits per heavy atom. The molecule has 0 aliphatic carbocycles. The Bertz CT molecular complexity index is 951. The highest BCUT2D eigenvalue weighted by atomic mass is 32.2. The van der Waals surface area contributed by atoms with Gasteiger partial charge in [-0.1, -0.05) is 11.8 Å². The minimum atomic E-state index is 0.749. The van der Waals surface area contributed by atoms with Gasteiger partial charge in [-0.05, 0) is 32.0 Å². The highest BCUT2D eigenvalue weighted by molar-refractivity contribution is 7.98. The van der Waals surface area contributed by atoms with Crippen LogP contribution in [0, 0.1) is 13.8 Å². The van der Waals surface area contributed by atoms with Gasteiger partial charge >= 0.3 is 0 Å². The smallest absolute Gasteiger partial charge is 0.166 e. The minimum Gasteiger partial charge on any atom is -0.496 e. The van der Waals surface area contributed by atoms with E-state index in [9.17, 15) is 0 Å². The zero-order valence-electron chi connectivity index (χ0n) is 15.9. The van der Waals surface area contributed by atoms with E-state index in [2.05, 4.69) is 40.0 Å². The average molecular weight is 385 g/mol. The maximum absolute atomic E-state index is 5.50. The first-order valence-corrected chi connectivity index (χ1v) is 10.1. The predicted octanol–water partition coefficient (Wildman–Crippen LogP) is 3.71. The van der Waals surface area contributed by atoms with Gasteiger partial charge in [-0.15, -0.1) is 0 Å². The Morgan fingerprint density at radius 3 is 2.85 bits per heavy atom. The average Bonchev–Trinajstić information content (AvgIpc) is 3.10. The molecule has 0 atom stereocenters. The molecule has 4 rings (SSSR count). The highest BCUT2D eigenvalue weighted by Gasteiger charge is 2.14. The van der Waals surface area contributed by atoms with Crippen LogP contribution >= 0.6 is 11.8 Å². The van der Waals surface area contributed by atoms with Crippen molar-refractivity contribution in [2.75, 3.05) is 38.3 Å². The molecule has 7 heteroatoms. The van der Waals surface area contributed by atoms with Gasteiger partial charge in [0.15, 0.2) is 5.16 Å². The van der Waals surface area contributed by atoms with Crippen LogP contribution in [-0.4, -0.2) is 48.4 Å². The number of pyridine rings is 1. The number of fused-ring (bicyclic) bond motifs is 1. The van der Waals surface area contributed by atoms with Crippen LogP contribution in [0.5, 0.6) is 5.75 Å². The second-order valence-corrected chi connectivity index (χ2v) is 7.64. The van der Waals surface area contributed by atoms with Crippen LogP contribution in [0.15, 0.2) is 29.6 Å². The van der Waals surface area contributed by atoms with Gasteiger partial charge in [0, 0.05) is 41.9 Å². The minimum absolute atomic E-state index is 0.749. The predicted molar refractivity (Wildman–Crippen MR) is 109 cm³/mol. The number of nitrogens with one attached hydrogen (secondary N) is 1. The first-order chi connectivity index (χ1) is 13.2. The third-order valence-corrected chi connectivity index (χ3v) is 5.80. The van der Waals surface area contributed by atoms with Crippen LogP contribution in [0.3, 0.4) is 0 Å². The van der Waals surface area contributed by atoms with Crippen LogP contribution in [0.2, 0.25) is 0 Å². The normalized spacial score (nSPS) is 14.7. The molecule has 3 aromatic rings.